The molecule has 2 saturated heterocycles. The zero-order valence-electron chi connectivity index (χ0n) is 14.5. The molecule has 2 aliphatic rings. The van der Waals surface area contributed by atoms with E-state index in [1.54, 1.807) is 23.4 Å². The van der Waals surface area contributed by atoms with Crippen LogP contribution in [0.2, 0.25) is 0 Å². The number of rotatable bonds is 4. The number of anilines is 1. The Morgan fingerprint density at radius 2 is 2.19 bits per heavy atom. The first-order valence-electron chi connectivity index (χ1n) is 8.99. The first kappa shape index (κ1) is 16.5. The van der Waals surface area contributed by atoms with Crippen molar-refractivity contribution < 1.29 is 9.53 Å². The number of carbonyl (C=O) groups is 1. The van der Waals surface area contributed by atoms with Crippen molar-refractivity contribution in [2.45, 2.75) is 25.4 Å². The van der Waals surface area contributed by atoms with Gasteiger partial charge in [-0.2, -0.15) is 5.26 Å². The van der Waals surface area contributed by atoms with Crippen LogP contribution in [0.25, 0.3) is 0 Å². The minimum absolute atomic E-state index is 0.0427. The average molecular weight is 351 g/mol. The number of pyridine rings is 1. The summed E-state index contributed by atoms with van der Waals surface area (Å²) in [5.41, 5.74) is 0.910. The standard InChI is InChI=1S/C19H21N5O2/c20-11-15-10-14(12-22-15)19(25)24-9-5-16(13-24)26-17-4-3-6-21-18(17)23-7-1-2-8-23/h3-4,6,10,12,16,22H,1-2,5,7-9,13H2. The van der Waals surface area contributed by atoms with Crippen molar-refractivity contribution in [3.05, 3.63) is 41.9 Å². The quantitative estimate of drug-likeness (QED) is 0.912. The zero-order chi connectivity index (χ0) is 17.9. The summed E-state index contributed by atoms with van der Waals surface area (Å²) in [4.78, 5) is 23.9. The third-order valence-corrected chi connectivity index (χ3v) is 4.93. The molecule has 2 aromatic rings. The number of nitriles is 1. The van der Waals surface area contributed by atoms with Gasteiger partial charge in [-0.05, 0) is 31.0 Å². The molecule has 0 aromatic carbocycles. The van der Waals surface area contributed by atoms with Crippen molar-refractivity contribution in [2.24, 2.45) is 0 Å². The van der Waals surface area contributed by atoms with Crippen molar-refractivity contribution in [3.8, 4) is 11.8 Å². The van der Waals surface area contributed by atoms with Crippen LogP contribution in [0.15, 0.2) is 30.6 Å². The highest BCUT2D eigenvalue weighted by atomic mass is 16.5. The molecule has 2 fully saturated rings. The fourth-order valence-electron chi connectivity index (χ4n) is 3.59. The second-order valence-corrected chi connectivity index (χ2v) is 6.71. The van der Waals surface area contributed by atoms with E-state index < -0.39 is 0 Å². The smallest absolute Gasteiger partial charge is 0.255 e. The van der Waals surface area contributed by atoms with Gasteiger partial charge in [-0.1, -0.05) is 0 Å². The fraction of sp³-hybridized carbons (Fsp3) is 0.421. The van der Waals surface area contributed by atoms with Crippen LogP contribution in [0, 0.1) is 11.3 Å². The van der Waals surface area contributed by atoms with Gasteiger partial charge in [0.05, 0.1) is 12.1 Å². The Morgan fingerprint density at radius 1 is 1.35 bits per heavy atom. The number of likely N-dealkylation sites (tertiary alicyclic amines) is 1. The highest BCUT2D eigenvalue weighted by Gasteiger charge is 2.30. The minimum atomic E-state index is -0.0696. The molecule has 0 bridgehead atoms. The van der Waals surface area contributed by atoms with Crippen LogP contribution >= 0.6 is 0 Å². The Labute approximate surface area is 152 Å². The summed E-state index contributed by atoms with van der Waals surface area (Å²) in [6, 6.07) is 7.43. The van der Waals surface area contributed by atoms with Gasteiger partial charge in [0.2, 0.25) is 0 Å². The summed E-state index contributed by atoms with van der Waals surface area (Å²) in [5, 5.41) is 8.88. The third-order valence-electron chi connectivity index (χ3n) is 4.93. The molecule has 1 N–H and O–H groups in total. The summed E-state index contributed by atoms with van der Waals surface area (Å²) in [5.74, 6) is 1.63. The van der Waals surface area contributed by atoms with Crippen LogP contribution in [0.5, 0.6) is 5.75 Å². The Kier molecular flexibility index (Phi) is 4.48. The number of nitrogens with one attached hydrogen (secondary N) is 1. The van der Waals surface area contributed by atoms with E-state index in [9.17, 15) is 4.79 Å². The highest BCUT2D eigenvalue weighted by molar-refractivity contribution is 5.94. The van der Waals surface area contributed by atoms with Gasteiger partial charge < -0.3 is 19.5 Å². The van der Waals surface area contributed by atoms with E-state index in [1.807, 2.05) is 18.2 Å². The maximum absolute atomic E-state index is 12.6. The summed E-state index contributed by atoms with van der Waals surface area (Å²) in [7, 11) is 0. The number of aromatic amines is 1. The Hall–Kier alpha value is -3.01. The lowest BCUT2D eigenvalue weighted by Crippen LogP contribution is -2.31. The molecule has 2 aromatic heterocycles. The molecule has 0 radical (unpaired) electrons. The molecular weight excluding hydrogens is 330 g/mol. The van der Waals surface area contributed by atoms with Crippen LogP contribution < -0.4 is 9.64 Å². The molecule has 7 heteroatoms. The van der Waals surface area contributed by atoms with Gasteiger partial charge in [0.15, 0.2) is 11.6 Å². The number of nitrogens with zero attached hydrogens (tertiary/aromatic N) is 4. The average Bonchev–Trinajstić information content (AvgIpc) is 3.42. The van der Waals surface area contributed by atoms with E-state index in [2.05, 4.69) is 14.9 Å². The molecular formula is C19H21N5O2. The molecule has 0 saturated carbocycles. The molecule has 0 aliphatic carbocycles. The van der Waals surface area contributed by atoms with Crippen molar-refractivity contribution in [3.63, 3.8) is 0 Å². The Morgan fingerprint density at radius 3 is 2.96 bits per heavy atom. The minimum Gasteiger partial charge on any atom is -0.485 e. The van der Waals surface area contributed by atoms with Gasteiger partial charge in [-0.15, -0.1) is 0 Å². The van der Waals surface area contributed by atoms with Crippen molar-refractivity contribution >= 4 is 11.7 Å². The van der Waals surface area contributed by atoms with Gasteiger partial charge in [0.25, 0.3) is 5.91 Å². The summed E-state index contributed by atoms with van der Waals surface area (Å²) < 4.78 is 6.20. The van der Waals surface area contributed by atoms with Gasteiger partial charge >= 0.3 is 0 Å². The Bertz CT molecular complexity index is 834. The van der Waals surface area contributed by atoms with Crippen LogP contribution in [0.3, 0.4) is 0 Å². The number of ether oxygens (including phenoxy) is 1. The monoisotopic (exact) mass is 351 g/mol. The SMILES string of the molecule is N#Cc1cc(C(=O)N2CCC(Oc3cccnc3N3CCCC3)C2)c[nH]1. The molecule has 4 heterocycles. The first-order valence-corrected chi connectivity index (χ1v) is 8.99. The molecule has 1 unspecified atom stereocenters. The lowest BCUT2D eigenvalue weighted by atomic mass is 10.3. The predicted octanol–water partition coefficient (Wildman–Crippen LogP) is 2.18. The number of carbonyl (C=O) groups excluding carboxylic acids is 1. The fourth-order valence-corrected chi connectivity index (χ4v) is 3.59. The van der Waals surface area contributed by atoms with E-state index >= 15 is 0 Å². The summed E-state index contributed by atoms with van der Waals surface area (Å²) >= 11 is 0. The topological polar surface area (TPSA) is 85.2 Å². The lowest BCUT2D eigenvalue weighted by molar-refractivity contribution is 0.0772. The van der Waals surface area contributed by atoms with Gasteiger partial charge in [-0.25, -0.2) is 4.98 Å². The molecule has 26 heavy (non-hydrogen) atoms. The second-order valence-electron chi connectivity index (χ2n) is 6.71. The van der Waals surface area contributed by atoms with Crippen LogP contribution in [0.4, 0.5) is 5.82 Å². The van der Waals surface area contributed by atoms with Crippen molar-refractivity contribution in [2.75, 3.05) is 31.1 Å². The van der Waals surface area contributed by atoms with Crippen molar-refractivity contribution in [1.82, 2.24) is 14.9 Å². The maximum Gasteiger partial charge on any atom is 0.255 e. The third kappa shape index (κ3) is 3.23. The van der Waals surface area contributed by atoms with E-state index in [4.69, 9.17) is 10.00 Å². The van der Waals surface area contributed by atoms with E-state index in [0.29, 0.717) is 24.3 Å². The number of H-pyrrole nitrogens is 1. The van der Waals surface area contributed by atoms with Gasteiger partial charge in [0, 0.05) is 38.4 Å². The first-order chi connectivity index (χ1) is 12.7. The number of amides is 1. The number of hydrogen-bond acceptors (Lipinski definition) is 5. The molecule has 1 amide bonds. The lowest BCUT2D eigenvalue weighted by Gasteiger charge is -2.22. The van der Waals surface area contributed by atoms with Crippen molar-refractivity contribution in [1.29, 1.82) is 5.26 Å². The second kappa shape index (κ2) is 7.08. The number of aromatic nitrogens is 2. The molecule has 134 valence electrons. The van der Waals surface area contributed by atoms with Crippen LogP contribution in [0.1, 0.15) is 35.3 Å². The molecule has 7 nitrogen and oxygen atoms in total. The van der Waals surface area contributed by atoms with Gasteiger partial charge in [-0.3, -0.25) is 4.79 Å². The van der Waals surface area contributed by atoms with E-state index in [-0.39, 0.29) is 12.0 Å². The highest BCUT2D eigenvalue weighted by Crippen LogP contribution is 2.30. The Balaban J connectivity index is 1.42. The predicted molar refractivity (Wildman–Crippen MR) is 96.1 cm³/mol. The summed E-state index contributed by atoms with van der Waals surface area (Å²) in [6.07, 6.45) is 6.49. The van der Waals surface area contributed by atoms with E-state index in [0.717, 1.165) is 31.1 Å². The molecule has 2 aliphatic heterocycles. The number of hydrogen-bond donors (Lipinski definition) is 1. The normalized spacial score (nSPS) is 19.6. The molecule has 1 atom stereocenters. The van der Waals surface area contributed by atoms with Gasteiger partial charge in [0.1, 0.15) is 17.9 Å². The maximum atomic E-state index is 12.6. The molecule has 0 spiro atoms. The zero-order valence-corrected chi connectivity index (χ0v) is 14.5. The largest absolute Gasteiger partial charge is 0.485 e. The molecule has 4 rings (SSSR count). The van der Waals surface area contributed by atoms with Crippen LogP contribution in [-0.2, 0) is 0 Å². The summed E-state index contributed by atoms with van der Waals surface area (Å²) in [6.45, 7) is 3.21. The van der Waals surface area contributed by atoms with Crippen LogP contribution in [-0.4, -0.2) is 53.1 Å². The van der Waals surface area contributed by atoms with E-state index in [1.165, 1.54) is 12.8 Å².